The molecule has 4 heterocycles. The number of aromatic amines is 1. The maximum atomic E-state index is 14.7. The molecule has 4 bridgehead atoms. The van der Waals surface area contributed by atoms with Crippen LogP contribution in [0.2, 0.25) is 0 Å². The zero-order valence-electron chi connectivity index (χ0n) is 39.2. The number of aliphatic hydroxyl groups excluding tert-OH is 1. The lowest BCUT2D eigenvalue weighted by Crippen LogP contribution is -2.38. The number of aromatic nitrogens is 2. The van der Waals surface area contributed by atoms with E-state index in [-0.39, 0.29) is 66.7 Å². The number of dihydropyridines is 1. The van der Waals surface area contributed by atoms with E-state index in [0.29, 0.717) is 48.9 Å². The third kappa shape index (κ3) is 9.48. The molecule has 2 aliphatic carbocycles. The van der Waals surface area contributed by atoms with Gasteiger partial charge in [0.05, 0.1) is 25.4 Å². The van der Waals surface area contributed by atoms with Crippen LogP contribution in [0, 0.1) is 11.3 Å². The number of esters is 1. The van der Waals surface area contributed by atoms with Gasteiger partial charge in [0.1, 0.15) is 29.2 Å². The molecule has 6 N–H and O–H groups in total. The molecule has 358 valence electrons. The molecule has 6 atom stereocenters. The van der Waals surface area contributed by atoms with Gasteiger partial charge in [0.25, 0.3) is 0 Å². The second-order valence-electron chi connectivity index (χ2n) is 18.9. The maximum Gasteiger partial charge on any atom is 0.302 e. The number of hydrogen-bond donors (Lipinski definition) is 6. The molecule has 9 rings (SSSR count). The molecular weight excluding hydrogens is 873 g/mol. The van der Waals surface area contributed by atoms with Crippen molar-refractivity contribution in [2.75, 3.05) is 25.1 Å². The van der Waals surface area contributed by atoms with Gasteiger partial charge in [0, 0.05) is 92.1 Å². The van der Waals surface area contributed by atoms with Gasteiger partial charge >= 0.3 is 5.97 Å². The van der Waals surface area contributed by atoms with E-state index in [2.05, 4.69) is 76.2 Å². The van der Waals surface area contributed by atoms with E-state index < -0.39 is 35.0 Å². The first-order chi connectivity index (χ1) is 33.3. The predicted molar refractivity (Wildman–Crippen MR) is 264 cm³/mol. The number of phenolic OH excluding ortho intramolecular Hbond substituents is 3. The van der Waals surface area contributed by atoms with Crippen LogP contribution in [0.4, 0.5) is 5.69 Å². The Kier molecular flexibility index (Phi) is 13.4. The van der Waals surface area contributed by atoms with Gasteiger partial charge in [-0.1, -0.05) is 60.7 Å². The fraction of sp³-hybridized carbons (Fsp3) is 0.339. The van der Waals surface area contributed by atoms with Crippen molar-refractivity contribution in [3.63, 3.8) is 0 Å². The van der Waals surface area contributed by atoms with Gasteiger partial charge < -0.3 is 49.7 Å². The van der Waals surface area contributed by atoms with Crippen LogP contribution in [0.1, 0.15) is 98.1 Å². The number of carbonyl (C=O) groups excluding carboxylic acids is 3. The van der Waals surface area contributed by atoms with E-state index in [0.717, 1.165) is 45.6 Å². The number of anilines is 1. The Morgan fingerprint density at radius 1 is 0.942 bits per heavy atom. The van der Waals surface area contributed by atoms with Crippen molar-refractivity contribution >= 4 is 34.0 Å². The summed E-state index contributed by atoms with van der Waals surface area (Å²) in [4.78, 5) is 45.9. The fourth-order valence-corrected chi connectivity index (χ4v) is 11.2. The van der Waals surface area contributed by atoms with Crippen LogP contribution >= 0.6 is 0 Å². The molecule has 0 fully saturated rings. The number of H-pyrrole nitrogens is 1. The van der Waals surface area contributed by atoms with Gasteiger partial charge in [0.15, 0.2) is 11.5 Å². The monoisotopic (exact) mass is 932 g/mol. The first-order valence-corrected chi connectivity index (χ1v) is 23.8. The predicted octanol–water partition coefficient (Wildman–Crippen LogP) is 9.21. The van der Waals surface area contributed by atoms with Crippen LogP contribution in [-0.4, -0.2) is 73.8 Å². The molecule has 0 radical (unpaired) electrons. The minimum atomic E-state index is -0.763. The van der Waals surface area contributed by atoms with Crippen molar-refractivity contribution in [2.45, 2.75) is 89.4 Å². The molecule has 2 aliphatic heterocycles. The van der Waals surface area contributed by atoms with Gasteiger partial charge in [-0.05, 0) is 108 Å². The number of carbonyl (C=O) groups is 3. The lowest BCUT2D eigenvalue weighted by Gasteiger charge is -2.47. The molecule has 4 aliphatic rings. The minimum Gasteiger partial charge on any atom is -0.508 e. The first-order valence-electron chi connectivity index (χ1n) is 23.8. The average Bonchev–Trinajstić information content (AvgIpc) is 4.00. The molecule has 0 unspecified atom stereocenters. The Morgan fingerprint density at radius 3 is 2.57 bits per heavy atom. The average molecular weight is 933 g/mol. The van der Waals surface area contributed by atoms with E-state index >= 15 is 0 Å². The molecular formula is C56H60N4O9. The number of rotatable bonds is 8. The van der Waals surface area contributed by atoms with Crippen molar-refractivity contribution in [2.24, 2.45) is 11.3 Å². The normalized spacial score (nSPS) is 23.7. The number of ether oxygens (including phenoxy) is 2. The maximum absolute atomic E-state index is 14.7. The molecule has 13 nitrogen and oxygen atoms in total. The van der Waals surface area contributed by atoms with Crippen molar-refractivity contribution in [1.82, 2.24) is 14.9 Å². The zero-order chi connectivity index (χ0) is 48.4. The molecule has 13 heteroatoms. The molecule has 5 aromatic rings. The lowest BCUT2D eigenvalue weighted by molar-refractivity contribution is -0.148. The highest BCUT2D eigenvalue weighted by Gasteiger charge is 2.46. The molecule has 0 saturated heterocycles. The molecule has 1 spiro atoms. The molecule has 0 saturated carbocycles. The Hall–Kier alpha value is -7.25. The largest absolute Gasteiger partial charge is 0.508 e. The summed E-state index contributed by atoms with van der Waals surface area (Å²) in [5.41, 5.74) is 5.66. The van der Waals surface area contributed by atoms with Crippen LogP contribution in [0.25, 0.3) is 10.8 Å². The van der Waals surface area contributed by atoms with Crippen molar-refractivity contribution < 1.29 is 44.3 Å². The summed E-state index contributed by atoms with van der Waals surface area (Å²) in [6, 6.07) is 13.5. The highest BCUT2D eigenvalue weighted by molar-refractivity contribution is 5.97. The van der Waals surface area contributed by atoms with E-state index in [4.69, 9.17) is 9.47 Å². The number of aromatic hydroxyl groups is 3. The Morgan fingerprint density at radius 2 is 1.78 bits per heavy atom. The van der Waals surface area contributed by atoms with E-state index in [1.165, 1.54) is 20.1 Å². The van der Waals surface area contributed by atoms with Crippen LogP contribution < -0.4 is 15.0 Å². The molecule has 3 aromatic carbocycles. The molecule has 2 aromatic heterocycles. The number of methoxy groups -OCH3 is 1. The standard InChI is InChI=1S/C56H60N4O9/c1-34(62)17-21-60-50-14-13-38(33-61)47-31-59(32-48(47)50)51(39-24-52(66)55(67)53(25-39)68-3)28-43(65)27-44(69-35(2)63)15-19-56-18-5-4-9-41(56)10-7-12-49(56)46-30-57-29-40(46)23-45(36-8-6-11-42(64)22-36)37-16-20-58-54(60)26-37/h4-9,11-14,16,18,22,24-26,29-32,41,44-45,49,51,57-58,61,64,66-67H,10,15,17,19-21,23,27-28,33H2,1-3H3/t41-,44-,45-,49-,51+,56-/m1/s1. The summed E-state index contributed by atoms with van der Waals surface area (Å²) >= 11 is 0. The second-order valence-corrected chi connectivity index (χ2v) is 18.9. The van der Waals surface area contributed by atoms with Crippen LogP contribution in [0.5, 0.6) is 23.0 Å². The number of phenols is 3. The van der Waals surface area contributed by atoms with E-state index in [1.54, 1.807) is 19.1 Å². The molecule has 0 amide bonds. The summed E-state index contributed by atoms with van der Waals surface area (Å²) in [6.45, 7) is 3.46. The highest BCUT2D eigenvalue weighted by atomic mass is 16.5. The summed E-state index contributed by atoms with van der Waals surface area (Å²) in [5.74, 6) is -0.723. The van der Waals surface area contributed by atoms with E-state index in [1.807, 2.05) is 47.3 Å². The summed E-state index contributed by atoms with van der Waals surface area (Å²) in [6.07, 6.45) is 27.3. The highest BCUT2D eigenvalue weighted by Crippen LogP contribution is 2.55. The number of hydrogen-bond acceptors (Lipinski definition) is 11. The number of ketones is 2. The van der Waals surface area contributed by atoms with Gasteiger partial charge in [-0.2, -0.15) is 0 Å². The quantitative estimate of drug-likeness (QED) is 0.0495. The fourth-order valence-electron chi connectivity index (χ4n) is 11.2. The van der Waals surface area contributed by atoms with Crippen LogP contribution in [0.3, 0.4) is 0 Å². The summed E-state index contributed by atoms with van der Waals surface area (Å²) in [7, 11) is 1.38. The number of nitrogens with zero attached hydrogens (tertiary/aromatic N) is 2. The van der Waals surface area contributed by atoms with Gasteiger partial charge in [-0.3, -0.25) is 14.4 Å². The van der Waals surface area contributed by atoms with Crippen molar-refractivity contribution in [3.05, 3.63) is 161 Å². The van der Waals surface area contributed by atoms with Gasteiger partial charge in [-0.15, -0.1) is 0 Å². The number of allylic oxidation sites excluding steroid dienone is 8. The van der Waals surface area contributed by atoms with E-state index in [9.17, 15) is 34.8 Å². The number of nitrogens with one attached hydrogen (secondary N) is 2. The third-order valence-corrected chi connectivity index (χ3v) is 14.6. The minimum absolute atomic E-state index is 0.00902. The number of aliphatic hydroxyl groups is 1. The lowest BCUT2D eigenvalue weighted by atomic mass is 9.57. The molecule has 69 heavy (non-hydrogen) atoms. The van der Waals surface area contributed by atoms with Gasteiger partial charge in [-0.25, -0.2) is 0 Å². The van der Waals surface area contributed by atoms with Crippen LogP contribution in [0.15, 0.2) is 133 Å². The summed E-state index contributed by atoms with van der Waals surface area (Å²) in [5, 5.41) is 48.4. The number of benzene rings is 3. The Balaban J connectivity index is 1.26. The topological polar surface area (TPSA) is 187 Å². The first kappa shape index (κ1) is 46.8. The smallest absolute Gasteiger partial charge is 0.302 e. The van der Waals surface area contributed by atoms with Crippen LogP contribution in [-0.2, 0) is 32.1 Å². The van der Waals surface area contributed by atoms with Gasteiger partial charge in [0.2, 0.25) is 5.75 Å². The van der Waals surface area contributed by atoms with Crippen molar-refractivity contribution in [3.8, 4) is 23.0 Å². The Bertz CT molecular complexity index is 2940. The number of fused-ring (bicyclic) bond motifs is 4. The number of Topliss-reactive ketones (excluding diaryl/α,β-unsaturated/α-hetero) is 2. The second kappa shape index (κ2) is 19.8. The zero-order valence-corrected chi connectivity index (χ0v) is 39.2. The summed E-state index contributed by atoms with van der Waals surface area (Å²) < 4.78 is 13.4. The SMILES string of the molecule is COc1cc([C@@H]2CC(=O)C[C@H](OC(C)=O)CC[C@]34C=CC=C[C@@H]3CC=C[C@@H]4c3c[nH]cc3C[C@H](c3cccc(O)c3)C3=CCNC(=C3)N(CCC(C)=O)c3ccc(CO)c4cn2cc34)cc(O)c1O. The Labute approximate surface area is 401 Å². The van der Waals surface area contributed by atoms with Crippen molar-refractivity contribution in [1.29, 1.82) is 0 Å². The third-order valence-electron chi connectivity index (χ3n) is 14.6.